The lowest BCUT2D eigenvalue weighted by atomic mass is 10.0. The Kier molecular flexibility index (Phi) is 4.65. The van der Waals surface area contributed by atoms with Gasteiger partial charge in [-0.25, -0.2) is 0 Å². The second-order valence-electron chi connectivity index (χ2n) is 6.04. The van der Waals surface area contributed by atoms with Crippen molar-refractivity contribution in [3.05, 3.63) is 66.7 Å². The molecule has 0 bridgehead atoms. The minimum atomic E-state index is -3.45. The van der Waals surface area contributed by atoms with Gasteiger partial charge in [0, 0.05) is 12.7 Å². The van der Waals surface area contributed by atoms with Crippen molar-refractivity contribution in [3.63, 3.8) is 0 Å². The van der Waals surface area contributed by atoms with Crippen molar-refractivity contribution in [2.24, 2.45) is 0 Å². The molecule has 1 heterocycles. The maximum Gasteiger partial charge on any atom is 0.311 e. The molecule has 0 radical (unpaired) electrons. The van der Waals surface area contributed by atoms with E-state index in [1.807, 2.05) is 48.5 Å². The predicted molar refractivity (Wildman–Crippen MR) is 105 cm³/mol. The second-order valence-corrected chi connectivity index (χ2v) is 8.29. The molecular formula is C21H19O5P. The highest BCUT2D eigenvalue weighted by Gasteiger charge is 2.40. The van der Waals surface area contributed by atoms with Gasteiger partial charge in [0.1, 0.15) is 17.2 Å². The summed E-state index contributed by atoms with van der Waals surface area (Å²) in [5, 5.41) is 1.10. The van der Waals surface area contributed by atoms with Gasteiger partial charge in [-0.3, -0.25) is 4.57 Å². The summed E-state index contributed by atoms with van der Waals surface area (Å²) in [7, 11) is -0.355. The minimum absolute atomic E-state index is 0.0936. The van der Waals surface area contributed by atoms with Crippen LogP contribution in [0.15, 0.2) is 66.7 Å². The Morgan fingerprint density at radius 2 is 1.63 bits per heavy atom. The van der Waals surface area contributed by atoms with Crippen LogP contribution in [-0.2, 0) is 9.30 Å². The molecule has 1 unspecified atom stereocenters. The van der Waals surface area contributed by atoms with Gasteiger partial charge >= 0.3 is 7.37 Å². The Hall–Kier alpha value is -2.75. The molecule has 1 aliphatic rings. The average molecular weight is 382 g/mol. The zero-order valence-electron chi connectivity index (χ0n) is 15.0. The number of rotatable bonds is 5. The maximum atomic E-state index is 14.2. The molecule has 0 spiro atoms. The summed E-state index contributed by atoms with van der Waals surface area (Å²) in [6, 6.07) is 20.4. The SMILES string of the molecule is COCOc1ccc(OC)c(P2(=O)Oc3ccccc3-c3ccccc32)c1. The van der Waals surface area contributed by atoms with E-state index in [1.54, 1.807) is 32.4 Å². The van der Waals surface area contributed by atoms with Crippen LogP contribution in [0.4, 0.5) is 0 Å². The van der Waals surface area contributed by atoms with Crippen molar-refractivity contribution in [2.75, 3.05) is 21.0 Å². The lowest BCUT2D eigenvalue weighted by Gasteiger charge is -2.29. The third-order valence-corrected chi connectivity index (χ3v) is 6.90. The lowest BCUT2D eigenvalue weighted by Crippen LogP contribution is -2.26. The van der Waals surface area contributed by atoms with Gasteiger partial charge in [0.25, 0.3) is 0 Å². The molecule has 1 atom stereocenters. The summed E-state index contributed by atoms with van der Waals surface area (Å²) in [6.45, 7) is 0.0936. The van der Waals surface area contributed by atoms with E-state index in [4.69, 9.17) is 18.7 Å². The Bertz CT molecular complexity index is 1030. The van der Waals surface area contributed by atoms with Crippen LogP contribution in [0.3, 0.4) is 0 Å². The zero-order chi connectivity index (χ0) is 18.9. The van der Waals surface area contributed by atoms with Crippen LogP contribution in [-0.4, -0.2) is 21.0 Å². The monoisotopic (exact) mass is 382 g/mol. The Labute approximate surface area is 157 Å². The van der Waals surface area contributed by atoms with E-state index in [0.717, 1.165) is 11.1 Å². The maximum absolute atomic E-state index is 14.2. The van der Waals surface area contributed by atoms with Crippen LogP contribution in [0, 0.1) is 0 Å². The fraction of sp³-hybridized carbons (Fsp3) is 0.143. The van der Waals surface area contributed by atoms with Gasteiger partial charge in [-0.1, -0.05) is 36.4 Å². The molecule has 4 rings (SSSR count). The van der Waals surface area contributed by atoms with Crippen LogP contribution in [0.25, 0.3) is 11.1 Å². The minimum Gasteiger partial charge on any atom is -0.496 e. The molecule has 6 heteroatoms. The van der Waals surface area contributed by atoms with E-state index in [1.165, 1.54) is 0 Å². The molecule has 138 valence electrons. The lowest BCUT2D eigenvalue weighted by molar-refractivity contribution is 0.0511. The summed E-state index contributed by atoms with van der Waals surface area (Å²) in [5.41, 5.74) is 1.82. The normalized spacial score (nSPS) is 17.4. The molecule has 0 N–H and O–H groups in total. The molecule has 0 saturated carbocycles. The number of para-hydroxylation sites is 1. The van der Waals surface area contributed by atoms with Crippen LogP contribution in [0.1, 0.15) is 0 Å². The summed E-state index contributed by atoms with van der Waals surface area (Å²) in [5.74, 6) is 1.60. The van der Waals surface area contributed by atoms with Gasteiger partial charge in [0.2, 0.25) is 0 Å². The molecule has 3 aromatic rings. The fourth-order valence-electron chi connectivity index (χ4n) is 3.21. The van der Waals surface area contributed by atoms with E-state index in [9.17, 15) is 4.57 Å². The number of hydrogen-bond donors (Lipinski definition) is 0. The third-order valence-electron chi connectivity index (χ3n) is 4.44. The summed E-state index contributed by atoms with van der Waals surface area (Å²) >= 11 is 0. The average Bonchev–Trinajstić information content (AvgIpc) is 2.72. The summed E-state index contributed by atoms with van der Waals surface area (Å²) in [4.78, 5) is 0. The van der Waals surface area contributed by atoms with Gasteiger partial charge in [-0.05, 0) is 35.9 Å². The molecule has 0 aromatic heterocycles. The molecule has 0 saturated heterocycles. The molecular weight excluding hydrogens is 363 g/mol. The van der Waals surface area contributed by atoms with Gasteiger partial charge in [-0.2, -0.15) is 0 Å². The van der Waals surface area contributed by atoms with Crippen molar-refractivity contribution in [3.8, 4) is 28.4 Å². The van der Waals surface area contributed by atoms with E-state index in [2.05, 4.69) is 0 Å². The van der Waals surface area contributed by atoms with Crippen LogP contribution in [0.5, 0.6) is 17.2 Å². The number of hydrogen-bond acceptors (Lipinski definition) is 5. The highest BCUT2D eigenvalue weighted by Crippen LogP contribution is 2.55. The predicted octanol–water partition coefficient (Wildman–Crippen LogP) is 3.97. The van der Waals surface area contributed by atoms with E-state index < -0.39 is 7.37 Å². The van der Waals surface area contributed by atoms with Crippen LogP contribution >= 0.6 is 7.37 Å². The first-order valence-electron chi connectivity index (χ1n) is 8.46. The van der Waals surface area contributed by atoms with Crippen molar-refractivity contribution in [2.45, 2.75) is 0 Å². The number of ether oxygens (including phenoxy) is 3. The van der Waals surface area contributed by atoms with Crippen molar-refractivity contribution < 1.29 is 23.3 Å². The van der Waals surface area contributed by atoms with E-state index in [0.29, 0.717) is 27.9 Å². The zero-order valence-corrected chi connectivity index (χ0v) is 15.9. The van der Waals surface area contributed by atoms with Crippen LogP contribution < -0.4 is 24.6 Å². The highest BCUT2D eigenvalue weighted by molar-refractivity contribution is 7.75. The first kappa shape index (κ1) is 17.7. The van der Waals surface area contributed by atoms with Crippen LogP contribution in [0.2, 0.25) is 0 Å². The summed E-state index contributed by atoms with van der Waals surface area (Å²) < 4.78 is 36.3. The van der Waals surface area contributed by atoms with Gasteiger partial charge < -0.3 is 18.7 Å². The van der Waals surface area contributed by atoms with Crippen molar-refractivity contribution >= 4 is 18.0 Å². The Morgan fingerprint density at radius 3 is 2.41 bits per heavy atom. The smallest absolute Gasteiger partial charge is 0.311 e. The molecule has 0 fully saturated rings. The van der Waals surface area contributed by atoms with Gasteiger partial charge in [0.05, 0.1) is 17.7 Å². The standard InChI is InChI=1S/C21H19O5P/c1-23-14-25-15-11-12-19(24-2)21(13-15)27(22)20-10-6-4-8-17(20)16-7-3-5-9-18(16)26-27/h3-13H,14H2,1-2H3. The molecule has 3 aromatic carbocycles. The molecule has 0 amide bonds. The van der Waals surface area contributed by atoms with E-state index in [-0.39, 0.29) is 6.79 Å². The highest BCUT2D eigenvalue weighted by atomic mass is 31.2. The third kappa shape index (κ3) is 2.99. The van der Waals surface area contributed by atoms with Crippen molar-refractivity contribution in [1.29, 1.82) is 0 Å². The first-order chi connectivity index (χ1) is 13.2. The topological polar surface area (TPSA) is 54.0 Å². The molecule has 0 aliphatic carbocycles. The van der Waals surface area contributed by atoms with E-state index >= 15 is 0 Å². The fourth-order valence-corrected chi connectivity index (χ4v) is 5.65. The quantitative estimate of drug-likeness (QED) is 0.494. The Morgan fingerprint density at radius 1 is 0.889 bits per heavy atom. The largest absolute Gasteiger partial charge is 0.496 e. The summed E-state index contributed by atoms with van der Waals surface area (Å²) in [6.07, 6.45) is 0. The number of benzene rings is 3. The Balaban J connectivity index is 1.92. The van der Waals surface area contributed by atoms with Gasteiger partial charge in [0.15, 0.2) is 6.79 Å². The number of methoxy groups -OCH3 is 2. The number of fused-ring (bicyclic) bond motifs is 3. The van der Waals surface area contributed by atoms with Crippen molar-refractivity contribution in [1.82, 2.24) is 0 Å². The molecule has 1 aliphatic heterocycles. The second kappa shape index (κ2) is 7.10. The molecule has 27 heavy (non-hydrogen) atoms. The first-order valence-corrected chi connectivity index (χ1v) is 10.1. The molecule has 5 nitrogen and oxygen atoms in total. The van der Waals surface area contributed by atoms with Gasteiger partial charge in [-0.15, -0.1) is 0 Å².